The van der Waals surface area contributed by atoms with Crippen molar-refractivity contribution in [3.05, 3.63) is 41.1 Å². The fraction of sp³-hybridized carbons (Fsp3) is 0.474. The van der Waals surface area contributed by atoms with Gasteiger partial charge in [0, 0.05) is 43.3 Å². The van der Waals surface area contributed by atoms with Crippen molar-refractivity contribution >= 4 is 11.7 Å². The zero-order chi connectivity index (χ0) is 18.0. The van der Waals surface area contributed by atoms with Gasteiger partial charge in [0.2, 0.25) is 5.91 Å². The molecule has 0 fully saturated rings. The Hall–Kier alpha value is -2.34. The number of nitrogens with one attached hydrogen (secondary N) is 1. The van der Waals surface area contributed by atoms with Crippen molar-refractivity contribution in [3.8, 4) is 5.75 Å². The standard InChI is InChI=1S/C19H26N4O2/c1-5-23(6-2)11-14-9-13(7-8-17(14)25-4)15-10-18(24)20-19-16(15)12-22(3)21-19/h7-9,12,15H,5-6,10-11H2,1-4H3,(H,20,21,24). The summed E-state index contributed by atoms with van der Waals surface area (Å²) in [5, 5.41) is 7.22. The zero-order valence-electron chi connectivity index (χ0n) is 15.4. The van der Waals surface area contributed by atoms with Gasteiger partial charge in [0.1, 0.15) is 5.75 Å². The first-order chi connectivity index (χ1) is 12.0. The van der Waals surface area contributed by atoms with E-state index in [1.807, 2.05) is 19.3 Å². The molecule has 1 N–H and O–H groups in total. The highest BCUT2D eigenvalue weighted by molar-refractivity contribution is 5.94. The van der Waals surface area contributed by atoms with Crippen LogP contribution >= 0.6 is 0 Å². The molecule has 3 rings (SSSR count). The fourth-order valence-electron chi connectivity index (χ4n) is 3.46. The molecule has 6 nitrogen and oxygen atoms in total. The van der Waals surface area contributed by atoms with Crippen LogP contribution in [-0.4, -0.2) is 40.8 Å². The average molecular weight is 342 g/mol. The molecule has 1 aromatic carbocycles. The van der Waals surface area contributed by atoms with Crippen LogP contribution in [0, 0.1) is 0 Å². The number of nitrogens with zero attached hydrogens (tertiary/aromatic N) is 3. The Balaban J connectivity index is 1.98. The van der Waals surface area contributed by atoms with E-state index in [1.165, 1.54) is 0 Å². The fourth-order valence-corrected chi connectivity index (χ4v) is 3.46. The lowest BCUT2D eigenvalue weighted by atomic mass is 9.86. The summed E-state index contributed by atoms with van der Waals surface area (Å²) in [7, 11) is 3.58. The molecule has 0 saturated heterocycles. The van der Waals surface area contributed by atoms with E-state index in [2.05, 4.69) is 41.3 Å². The molecule has 0 bridgehead atoms. The molecule has 1 amide bonds. The van der Waals surface area contributed by atoms with Gasteiger partial charge in [-0.2, -0.15) is 5.10 Å². The Morgan fingerprint density at radius 3 is 2.80 bits per heavy atom. The molecule has 134 valence electrons. The van der Waals surface area contributed by atoms with Crippen molar-refractivity contribution in [2.75, 3.05) is 25.5 Å². The maximum absolute atomic E-state index is 12.1. The van der Waals surface area contributed by atoms with Gasteiger partial charge in [0.25, 0.3) is 0 Å². The largest absolute Gasteiger partial charge is 0.496 e. The topological polar surface area (TPSA) is 59.4 Å². The summed E-state index contributed by atoms with van der Waals surface area (Å²) in [6.07, 6.45) is 2.43. The van der Waals surface area contributed by atoms with Crippen LogP contribution in [0.4, 0.5) is 5.82 Å². The summed E-state index contributed by atoms with van der Waals surface area (Å²) < 4.78 is 7.30. The van der Waals surface area contributed by atoms with Crippen molar-refractivity contribution in [2.45, 2.75) is 32.7 Å². The number of ether oxygens (including phenoxy) is 1. The van der Waals surface area contributed by atoms with Gasteiger partial charge >= 0.3 is 0 Å². The highest BCUT2D eigenvalue weighted by Crippen LogP contribution is 2.37. The molecule has 1 unspecified atom stereocenters. The predicted molar refractivity (Wildman–Crippen MR) is 97.9 cm³/mol. The van der Waals surface area contributed by atoms with Crippen LogP contribution in [0.25, 0.3) is 0 Å². The zero-order valence-corrected chi connectivity index (χ0v) is 15.4. The highest BCUT2D eigenvalue weighted by atomic mass is 16.5. The number of methoxy groups -OCH3 is 1. The number of anilines is 1. The van der Waals surface area contributed by atoms with Gasteiger partial charge in [0.15, 0.2) is 5.82 Å². The first-order valence-electron chi connectivity index (χ1n) is 8.78. The number of benzene rings is 1. The minimum absolute atomic E-state index is 0.0114. The van der Waals surface area contributed by atoms with Crippen LogP contribution in [0.2, 0.25) is 0 Å². The molecule has 0 radical (unpaired) electrons. The molecule has 1 atom stereocenters. The second-order valence-electron chi connectivity index (χ2n) is 6.44. The lowest BCUT2D eigenvalue weighted by Crippen LogP contribution is -2.24. The molecule has 0 aliphatic carbocycles. The SMILES string of the molecule is CCN(CC)Cc1cc(C2CC(=O)Nc3nn(C)cc32)ccc1OC. The predicted octanol–water partition coefficient (Wildman–Crippen LogP) is 2.74. The summed E-state index contributed by atoms with van der Waals surface area (Å²) in [4.78, 5) is 14.5. The molecular formula is C19H26N4O2. The van der Waals surface area contributed by atoms with E-state index >= 15 is 0 Å². The van der Waals surface area contributed by atoms with Crippen LogP contribution in [-0.2, 0) is 18.4 Å². The molecule has 0 spiro atoms. The molecule has 0 saturated carbocycles. The third kappa shape index (κ3) is 3.54. The lowest BCUT2D eigenvalue weighted by molar-refractivity contribution is -0.116. The number of carbonyl (C=O) groups is 1. The van der Waals surface area contributed by atoms with E-state index in [0.717, 1.165) is 42.1 Å². The number of hydrogen-bond acceptors (Lipinski definition) is 4. The third-order valence-electron chi connectivity index (χ3n) is 4.88. The first-order valence-corrected chi connectivity index (χ1v) is 8.78. The first kappa shape index (κ1) is 17.5. The molecule has 2 heterocycles. The maximum Gasteiger partial charge on any atom is 0.226 e. The van der Waals surface area contributed by atoms with Gasteiger partial charge in [-0.25, -0.2) is 0 Å². The van der Waals surface area contributed by atoms with Crippen molar-refractivity contribution < 1.29 is 9.53 Å². The van der Waals surface area contributed by atoms with Crippen LogP contribution in [0.1, 0.15) is 42.9 Å². The van der Waals surface area contributed by atoms with E-state index in [9.17, 15) is 4.79 Å². The van der Waals surface area contributed by atoms with E-state index in [-0.39, 0.29) is 11.8 Å². The summed E-state index contributed by atoms with van der Waals surface area (Å²) in [6.45, 7) is 7.13. The Morgan fingerprint density at radius 1 is 1.36 bits per heavy atom. The molecule has 25 heavy (non-hydrogen) atoms. The summed E-state index contributed by atoms with van der Waals surface area (Å²) >= 11 is 0. The summed E-state index contributed by atoms with van der Waals surface area (Å²) in [5.74, 6) is 1.60. The smallest absolute Gasteiger partial charge is 0.226 e. The van der Waals surface area contributed by atoms with Gasteiger partial charge in [-0.05, 0) is 24.7 Å². The number of aromatic nitrogens is 2. The Labute approximate surface area is 148 Å². The molecule has 6 heteroatoms. The second kappa shape index (κ2) is 7.27. The molecule has 1 aromatic heterocycles. The molecule has 1 aliphatic rings. The van der Waals surface area contributed by atoms with E-state index in [4.69, 9.17) is 4.74 Å². The van der Waals surface area contributed by atoms with Gasteiger partial charge in [0.05, 0.1) is 7.11 Å². The molecule has 1 aliphatic heterocycles. The number of carbonyl (C=O) groups excluding carboxylic acids is 1. The van der Waals surface area contributed by atoms with Crippen LogP contribution in [0.5, 0.6) is 5.75 Å². The van der Waals surface area contributed by atoms with Crippen LogP contribution < -0.4 is 10.1 Å². The number of amides is 1. The summed E-state index contributed by atoms with van der Waals surface area (Å²) in [5.41, 5.74) is 3.35. The van der Waals surface area contributed by atoms with E-state index in [0.29, 0.717) is 12.2 Å². The summed E-state index contributed by atoms with van der Waals surface area (Å²) in [6, 6.07) is 6.25. The van der Waals surface area contributed by atoms with Gasteiger partial charge in [-0.3, -0.25) is 14.4 Å². The number of fused-ring (bicyclic) bond motifs is 1. The highest BCUT2D eigenvalue weighted by Gasteiger charge is 2.29. The minimum atomic E-state index is 0.0114. The number of aryl methyl sites for hydroxylation is 1. The van der Waals surface area contributed by atoms with Gasteiger partial charge in [-0.15, -0.1) is 0 Å². The molecule has 2 aromatic rings. The van der Waals surface area contributed by atoms with Gasteiger partial charge in [-0.1, -0.05) is 26.0 Å². The van der Waals surface area contributed by atoms with Crippen LogP contribution in [0.3, 0.4) is 0 Å². The minimum Gasteiger partial charge on any atom is -0.496 e. The second-order valence-corrected chi connectivity index (χ2v) is 6.44. The average Bonchev–Trinajstić information content (AvgIpc) is 2.98. The number of rotatable bonds is 6. The van der Waals surface area contributed by atoms with Crippen molar-refractivity contribution in [1.82, 2.24) is 14.7 Å². The quantitative estimate of drug-likeness (QED) is 0.877. The Bertz CT molecular complexity index is 765. The van der Waals surface area contributed by atoms with Gasteiger partial charge < -0.3 is 10.1 Å². The third-order valence-corrected chi connectivity index (χ3v) is 4.88. The monoisotopic (exact) mass is 342 g/mol. The normalized spacial score (nSPS) is 16.7. The van der Waals surface area contributed by atoms with Crippen molar-refractivity contribution in [2.24, 2.45) is 7.05 Å². The van der Waals surface area contributed by atoms with Crippen LogP contribution in [0.15, 0.2) is 24.4 Å². The van der Waals surface area contributed by atoms with Crippen molar-refractivity contribution in [3.63, 3.8) is 0 Å². The lowest BCUT2D eigenvalue weighted by Gasteiger charge is -2.24. The Morgan fingerprint density at radius 2 is 2.12 bits per heavy atom. The maximum atomic E-state index is 12.1. The van der Waals surface area contributed by atoms with E-state index in [1.54, 1.807) is 11.8 Å². The Kier molecular flexibility index (Phi) is 5.08. The van der Waals surface area contributed by atoms with E-state index < -0.39 is 0 Å². The number of hydrogen-bond donors (Lipinski definition) is 1. The molecular weight excluding hydrogens is 316 g/mol. The van der Waals surface area contributed by atoms with Crippen molar-refractivity contribution in [1.29, 1.82) is 0 Å².